The molecule has 1 aromatic carbocycles. The van der Waals surface area contributed by atoms with Crippen LogP contribution in [0.3, 0.4) is 0 Å². The zero-order valence-electron chi connectivity index (χ0n) is 10.9. The number of hydrogen-bond acceptors (Lipinski definition) is 6. The standard InChI is InChI=1S/C11H8F3N3O3S2/c1-22(19,20)7-4-2-6(3-5-7)8(18)15-10-17-16-9(21-10)11(12,13)14/h2-5H,1H3,(H,15,17,18). The highest BCUT2D eigenvalue weighted by Crippen LogP contribution is 2.33. The quantitative estimate of drug-likeness (QED) is 0.916. The monoisotopic (exact) mass is 351 g/mol. The zero-order valence-corrected chi connectivity index (χ0v) is 12.5. The number of aromatic nitrogens is 2. The van der Waals surface area contributed by atoms with Gasteiger partial charge >= 0.3 is 6.18 Å². The molecule has 0 radical (unpaired) electrons. The summed E-state index contributed by atoms with van der Waals surface area (Å²) in [7, 11) is -3.39. The van der Waals surface area contributed by atoms with Crippen molar-refractivity contribution in [3.05, 3.63) is 34.8 Å². The zero-order chi connectivity index (χ0) is 16.5. The van der Waals surface area contributed by atoms with E-state index >= 15 is 0 Å². The maximum atomic E-state index is 12.4. The molecule has 0 spiro atoms. The van der Waals surface area contributed by atoms with Gasteiger partial charge in [-0.05, 0) is 24.3 Å². The Morgan fingerprint density at radius 2 is 1.77 bits per heavy atom. The minimum Gasteiger partial charge on any atom is -0.296 e. The molecule has 0 fully saturated rings. The highest BCUT2D eigenvalue weighted by atomic mass is 32.2. The maximum Gasteiger partial charge on any atom is 0.445 e. The molecule has 22 heavy (non-hydrogen) atoms. The van der Waals surface area contributed by atoms with Crippen molar-refractivity contribution in [3.63, 3.8) is 0 Å². The molecule has 2 aromatic rings. The van der Waals surface area contributed by atoms with Crippen LogP contribution in [0.15, 0.2) is 29.2 Å². The van der Waals surface area contributed by atoms with Gasteiger partial charge < -0.3 is 0 Å². The van der Waals surface area contributed by atoms with Gasteiger partial charge in [0.05, 0.1) is 4.90 Å². The van der Waals surface area contributed by atoms with Gasteiger partial charge in [-0.2, -0.15) is 13.2 Å². The summed E-state index contributed by atoms with van der Waals surface area (Å²) in [4.78, 5) is 11.9. The predicted octanol–water partition coefficient (Wildman–Crippen LogP) is 2.21. The molecule has 1 N–H and O–H groups in total. The first-order valence-corrected chi connectivity index (χ1v) is 8.30. The Morgan fingerprint density at radius 3 is 2.23 bits per heavy atom. The number of nitrogens with one attached hydrogen (secondary N) is 1. The first-order valence-electron chi connectivity index (χ1n) is 5.59. The molecule has 11 heteroatoms. The molecular weight excluding hydrogens is 343 g/mol. The number of rotatable bonds is 3. The van der Waals surface area contributed by atoms with Crippen LogP contribution in [0.1, 0.15) is 15.4 Å². The first kappa shape index (κ1) is 16.4. The van der Waals surface area contributed by atoms with E-state index in [0.717, 1.165) is 6.26 Å². The van der Waals surface area contributed by atoms with Crippen LogP contribution in [-0.4, -0.2) is 30.8 Å². The van der Waals surface area contributed by atoms with Gasteiger partial charge in [-0.15, -0.1) is 10.2 Å². The lowest BCUT2D eigenvalue weighted by Gasteiger charge is -2.02. The van der Waals surface area contributed by atoms with Gasteiger partial charge in [-0.25, -0.2) is 8.42 Å². The van der Waals surface area contributed by atoms with Gasteiger partial charge in [0.15, 0.2) is 9.84 Å². The van der Waals surface area contributed by atoms with E-state index in [0.29, 0.717) is 0 Å². The number of sulfone groups is 1. The minimum atomic E-state index is -4.63. The molecule has 0 saturated carbocycles. The third-order valence-corrected chi connectivity index (χ3v) is 4.44. The van der Waals surface area contributed by atoms with Crippen molar-refractivity contribution in [2.45, 2.75) is 11.1 Å². The van der Waals surface area contributed by atoms with E-state index < -0.39 is 26.9 Å². The van der Waals surface area contributed by atoms with E-state index in [1.165, 1.54) is 24.3 Å². The number of carbonyl (C=O) groups is 1. The largest absolute Gasteiger partial charge is 0.445 e. The number of amides is 1. The molecular formula is C11H8F3N3O3S2. The number of benzene rings is 1. The summed E-state index contributed by atoms with van der Waals surface area (Å²) in [5.74, 6) is -0.718. The Morgan fingerprint density at radius 1 is 1.18 bits per heavy atom. The molecule has 2 rings (SSSR count). The summed E-state index contributed by atoms with van der Waals surface area (Å²) in [5, 5.41) is 6.85. The highest BCUT2D eigenvalue weighted by Gasteiger charge is 2.35. The molecule has 0 aliphatic rings. The van der Waals surface area contributed by atoms with Gasteiger partial charge in [0.1, 0.15) is 0 Å². The lowest BCUT2D eigenvalue weighted by Crippen LogP contribution is -2.12. The summed E-state index contributed by atoms with van der Waals surface area (Å²) in [6.07, 6.45) is -3.61. The molecule has 0 aliphatic carbocycles. The molecule has 1 amide bonds. The molecule has 118 valence electrons. The van der Waals surface area contributed by atoms with Crippen molar-refractivity contribution in [2.24, 2.45) is 0 Å². The van der Waals surface area contributed by atoms with Crippen LogP contribution in [0.2, 0.25) is 0 Å². The average molecular weight is 351 g/mol. The topological polar surface area (TPSA) is 89.0 Å². The van der Waals surface area contributed by atoms with Gasteiger partial charge in [0.25, 0.3) is 5.91 Å². The Labute approximate surface area is 126 Å². The Balaban J connectivity index is 2.14. The molecule has 6 nitrogen and oxygen atoms in total. The molecule has 0 atom stereocenters. The number of alkyl halides is 3. The lowest BCUT2D eigenvalue weighted by molar-refractivity contribution is -0.138. The average Bonchev–Trinajstić information content (AvgIpc) is 2.86. The van der Waals surface area contributed by atoms with E-state index in [1.807, 2.05) is 0 Å². The second-order valence-corrected chi connectivity index (χ2v) is 7.15. The van der Waals surface area contributed by atoms with Crippen molar-refractivity contribution in [1.29, 1.82) is 0 Å². The molecule has 0 unspecified atom stereocenters. The second-order valence-electron chi connectivity index (χ2n) is 4.16. The van der Waals surface area contributed by atoms with E-state index in [2.05, 4.69) is 15.5 Å². The SMILES string of the molecule is CS(=O)(=O)c1ccc(C(=O)Nc2nnc(C(F)(F)F)s2)cc1. The molecule has 1 aromatic heterocycles. The van der Waals surface area contributed by atoms with E-state index in [1.54, 1.807) is 0 Å². The van der Waals surface area contributed by atoms with Gasteiger partial charge in [-0.1, -0.05) is 11.3 Å². The third kappa shape index (κ3) is 3.80. The summed E-state index contributed by atoms with van der Waals surface area (Å²) in [5.41, 5.74) is 0.0798. The first-order chi connectivity index (χ1) is 10.1. The third-order valence-electron chi connectivity index (χ3n) is 2.43. The van der Waals surface area contributed by atoms with Crippen LogP contribution in [0.5, 0.6) is 0 Å². The Bertz CT molecular complexity index is 798. The Hall–Kier alpha value is -2.01. The second kappa shape index (κ2) is 5.65. The molecule has 1 heterocycles. The van der Waals surface area contributed by atoms with Gasteiger partial charge in [0, 0.05) is 11.8 Å². The van der Waals surface area contributed by atoms with E-state index in [9.17, 15) is 26.4 Å². The number of halogens is 3. The Kier molecular flexibility index (Phi) is 4.20. The fraction of sp³-hybridized carbons (Fsp3) is 0.182. The van der Waals surface area contributed by atoms with Crippen molar-refractivity contribution >= 4 is 32.2 Å². The van der Waals surface area contributed by atoms with Crippen molar-refractivity contribution < 1.29 is 26.4 Å². The normalized spacial score (nSPS) is 12.2. The molecule has 0 saturated heterocycles. The number of hydrogen-bond donors (Lipinski definition) is 1. The van der Waals surface area contributed by atoms with E-state index in [-0.39, 0.29) is 26.9 Å². The maximum absolute atomic E-state index is 12.4. The van der Waals surface area contributed by atoms with Crippen molar-refractivity contribution in [2.75, 3.05) is 11.6 Å². The van der Waals surface area contributed by atoms with Crippen LogP contribution in [0.4, 0.5) is 18.3 Å². The van der Waals surface area contributed by atoms with Crippen LogP contribution >= 0.6 is 11.3 Å². The van der Waals surface area contributed by atoms with Crippen LogP contribution in [0, 0.1) is 0 Å². The summed E-state index contributed by atoms with van der Waals surface area (Å²) >= 11 is 0.195. The summed E-state index contributed by atoms with van der Waals surface area (Å²) < 4.78 is 59.6. The van der Waals surface area contributed by atoms with Gasteiger partial charge in [-0.3, -0.25) is 10.1 Å². The number of nitrogens with zero attached hydrogens (tertiary/aromatic N) is 2. The number of carbonyl (C=O) groups excluding carboxylic acids is 1. The smallest absolute Gasteiger partial charge is 0.296 e. The van der Waals surface area contributed by atoms with Crippen molar-refractivity contribution in [1.82, 2.24) is 10.2 Å². The number of anilines is 1. The van der Waals surface area contributed by atoms with Crippen molar-refractivity contribution in [3.8, 4) is 0 Å². The van der Waals surface area contributed by atoms with E-state index in [4.69, 9.17) is 0 Å². The van der Waals surface area contributed by atoms with Gasteiger partial charge in [0.2, 0.25) is 10.1 Å². The van der Waals surface area contributed by atoms with Crippen LogP contribution < -0.4 is 5.32 Å². The summed E-state index contributed by atoms with van der Waals surface area (Å²) in [6, 6.07) is 4.95. The summed E-state index contributed by atoms with van der Waals surface area (Å²) in [6.45, 7) is 0. The fourth-order valence-corrected chi connectivity index (χ4v) is 2.65. The predicted molar refractivity (Wildman–Crippen MR) is 72.4 cm³/mol. The van der Waals surface area contributed by atoms with Crippen LogP contribution in [0.25, 0.3) is 0 Å². The minimum absolute atomic E-state index is 0.0272. The van der Waals surface area contributed by atoms with Crippen LogP contribution in [-0.2, 0) is 16.0 Å². The lowest BCUT2D eigenvalue weighted by atomic mass is 10.2. The molecule has 0 aliphatic heterocycles. The highest BCUT2D eigenvalue weighted by molar-refractivity contribution is 7.90. The fourth-order valence-electron chi connectivity index (χ4n) is 1.41. The molecule has 0 bridgehead atoms.